The third-order valence-electron chi connectivity index (χ3n) is 7.44. The van der Waals surface area contributed by atoms with Gasteiger partial charge in [-0.1, -0.05) is 0 Å². The van der Waals surface area contributed by atoms with Crippen molar-refractivity contribution in [3.8, 4) is 0 Å². The number of carbonyl (C=O) groups is 2. The van der Waals surface area contributed by atoms with Crippen LogP contribution in [0.2, 0.25) is 0 Å². The number of likely N-dealkylation sites (tertiary alicyclic amines) is 1. The van der Waals surface area contributed by atoms with E-state index in [9.17, 15) is 9.59 Å². The largest absolute Gasteiger partial charge is 0.353 e. The molecule has 0 aromatic heterocycles. The van der Waals surface area contributed by atoms with Gasteiger partial charge in [-0.2, -0.15) is 0 Å². The van der Waals surface area contributed by atoms with E-state index in [4.69, 9.17) is 11.6 Å². The minimum absolute atomic E-state index is 0.101. The molecule has 1 N–H and O–H groups in total. The van der Waals surface area contributed by atoms with Gasteiger partial charge in [0.15, 0.2) is 0 Å². The Bertz CT molecular complexity index is 507. The summed E-state index contributed by atoms with van der Waals surface area (Å²) in [6.45, 7) is 1.59. The molecule has 0 aromatic carbocycles. The second-order valence-electron chi connectivity index (χ2n) is 9.61. The number of nitrogens with zero attached hydrogens (tertiary/aromatic N) is 1. The molecule has 1 saturated heterocycles. The zero-order valence-corrected chi connectivity index (χ0v) is 16.6. The molecule has 0 aromatic rings. The number of nitrogens with one attached hydrogen (secondary N) is 1. The van der Waals surface area contributed by atoms with Crippen molar-refractivity contribution >= 4 is 23.4 Å². The summed E-state index contributed by atoms with van der Waals surface area (Å²) in [6.07, 6.45) is 12.0. The van der Waals surface area contributed by atoms with Gasteiger partial charge in [-0.15, -0.1) is 11.6 Å². The molecule has 5 fully saturated rings. The first-order valence-corrected chi connectivity index (χ1v) is 11.2. The number of rotatable bonds is 6. The molecule has 0 unspecified atom stereocenters. The number of amides is 2. The molecule has 4 saturated carbocycles. The molecule has 4 bridgehead atoms. The zero-order valence-electron chi connectivity index (χ0n) is 15.9. The molecule has 0 radical (unpaired) electrons. The molecule has 0 spiro atoms. The SMILES string of the molecule is O=C(CCCCl)NC1CCN(C(=O)CC23CC4CC(CC(C4)C2)C3)CC1. The molecule has 1 heterocycles. The Morgan fingerprint density at radius 1 is 1.00 bits per heavy atom. The maximum Gasteiger partial charge on any atom is 0.223 e. The van der Waals surface area contributed by atoms with Crippen LogP contribution in [0.4, 0.5) is 0 Å². The van der Waals surface area contributed by atoms with Gasteiger partial charge < -0.3 is 10.2 Å². The molecular weight excluding hydrogens is 348 g/mol. The molecule has 26 heavy (non-hydrogen) atoms. The average molecular weight is 381 g/mol. The number of halogens is 1. The van der Waals surface area contributed by atoms with Gasteiger partial charge in [-0.05, 0) is 81.0 Å². The molecule has 4 nitrogen and oxygen atoms in total. The van der Waals surface area contributed by atoms with E-state index in [-0.39, 0.29) is 11.9 Å². The first-order chi connectivity index (χ1) is 12.5. The lowest BCUT2D eigenvalue weighted by atomic mass is 9.49. The molecule has 2 amide bonds. The highest BCUT2D eigenvalue weighted by Crippen LogP contribution is 2.61. The summed E-state index contributed by atoms with van der Waals surface area (Å²) in [5, 5.41) is 3.10. The fourth-order valence-electron chi connectivity index (χ4n) is 6.74. The van der Waals surface area contributed by atoms with Crippen LogP contribution in [0.25, 0.3) is 0 Å². The van der Waals surface area contributed by atoms with Crippen LogP contribution in [-0.4, -0.2) is 41.7 Å². The lowest BCUT2D eigenvalue weighted by Crippen LogP contribution is -2.50. The standard InChI is InChI=1S/C21H33ClN2O2/c22-5-1-2-19(25)23-18-3-6-24(7-4-18)20(26)14-21-11-15-8-16(12-21)10-17(9-15)13-21/h15-18H,1-14H2,(H,23,25). The molecule has 5 heteroatoms. The minimum atomic E-state index is 0.101. The fraction of sp³-hybridized carbons (Fsp3) is 0.905. The topological polar surface area (TPSA) is 49.4 Å². The van der Waals surface area contributed by atoms with E-state index in [0.29, 0.717) is 23.6 Å². The smallest absolute Gasteiger partial charge is 0.223 e. The Morgan fingerprint density at radius 3 is 2.12 bits per heavy atom. The summed E-state index contributed by atoms with van der Waals surface area (Å²) >= 11 is 5.65. The van der Waals surface area contributed by atoms with E-state index in [1.807, 2.05) is 0 Å². The van der Waals surface area contributed by atoms with Crippen molar-refractivity contribution in [1.82, 2.24) is 10.2 Å². The monoisotopic (exact) mass is 380 g/mol. The van der Waals surface area contributed by atoms with Crippen LogP contribution < -0.4 is 5.32 Å². The molecule has 4 aliphatic carbocycles. The highest BCUT2D eigenvalue weighted by atomic mass is 35.5. The van der Waals surface area contributed by atoms with Gasteiger partial charge in [0.1, 0.15) is 0 Å². The van der Waals surface area contributed by atoms with Gasteiger partial charge in [0.2, 0.25) is 11.8 Å². The number of piperidine rings is 1. The predicted molar refractivity (Wildman–Crippen MR) is 103 cm³/mol. The molecular formula is C21H33ClN2O2. The third-order valence-corrected chi connectivity index (χ3v) is 7.71. The number of carbonyl (C=O) groups excluding carboxylic acids is 2. The van der Waals surface area contributed by atoms with Gasteiger partial charge in [-0.25, -0.2) is 0 Å². The van der Waals surface area contributed by atoms with Crippen LogP contribution in [-0.2, 0) is 9.59 Å². The van der Waals surface area contributed by atoms with E-state index in [1.165, 1.54) is 38.5 Å². The minimum Gasteiger partial charge on any atom is -0.353 e. The summed E-state index contributed by atoms with van der Waals surface area (Å²) < 4.78 is 0. The zero-order chi connectivity index (χ0) is 18.1. The Labute approximate surface area is 162 Å². The summed E-state index contributed by atoms with van der Waals surface area (Å²) in [5.74, 6) is 3.72. The van der Waals surface area contributed by atoms with Crippen molar-refractivity contribution in [2.45, 2.75) is 76.7 Å². The maximum absolute atomic E-state index is 13.0. The van der Waals surface area contributed by atoms with Crippen LogP contribution in [0.15, 0.2) is 0 Å². The van der Waals surface area contributed by atoms with E-state index in [1.54, 1.807) is 0 Å². The molecule has 1 aliphatic heterocycles. The molecule has 5 aliphatic rings. The van der Waals surface area contributed by atoms with E-state index < -0.39 is 0 Å². The summed E-state index contributed by atoms with van der Waals surface area (Å²) in [4.78, 5) is 26.9. The van der Waals surface area contributed by atoms with Crippen LogP contribution in [0.3, 0.4) is 0 Å². The van der Waals surface area contributed by atoms with Gasteiger partial charge in [0.05, 0.1) is 0 Å². The van der Waals surface area contributed by atoms with E-state index >= 15 is 0 Å². The van der Waals surface area contributed by atoms with E-state index in [0.717, 1.165) is 56.5 Å². The van der Waals surface area contributed by atoms with Crippen LogP contribution >= 0.6 is 11.6 Å². The van der Waals surface area contributed by atoms with Gasteiger partial charge in [0.25, 0.3) is 0 Å². The van der Waals surface area contributed by atoms with Crippen molar-refractivity contribution in [2.24, 2.45) is 23.2 Å². The Hall–Kier alpha value is -0.770. The summed E-state index contributed by atoms with van der Waals surface area (Å²) in [5.41, 5.74) is 0.332. The molecule has 146 valence electrons. The van der Waals surface area contributed by atoms with Crippen molar-refractivity contribution in [3.63, 3.8) is 0 Å². The Balaban J connectivity index is 1.25. The van der Waals surface area contributed by atoms with Crippen LogP contribution in [0, 0.1) is 23.2 Å². The van der Waals surface area contributed by atoms with Crippen molar-refractivity contribution in [3.05, 3.63) is 0 Å². The lowest BCUT2D eigenvalue weighted by Gasteiger charge is -2.57. The van der Waals surface area contributed by atoms with Gasteiger partial charge in [-0.3, -0.25) is 9.59 Å². The highest BCUT2D eigenvalue weighted by molar-refractivity contribution is 6.17. The predicted octanol–water partition coefficient (Wildman–Crippen LogP) is 3.72. The van der Waals surface area contributed by atoms with Crippen LogP contribution in [0.1, 0.15) is 70.6 Å². The average Bonchev–Trinajstić information content (AvgIpc) is 2.59. The molecule has 5 rings (SSSR count). The highest BCUT2D eigenvalue weighted by Gasteiger charge is 2.51. The maximum atomic E-state index is 13.0. The van der Waals surface area contributed by atoms with Crippen LogP contribution in [0.5, 0.6) is 0 Å². The third kappa shape index (κ3) is 4.05. The van der Waals surface area contributed by atoms with Gasteiger partial charge in [0, 0.05) is 37.9 Å². The first-order valence-electron chi connectivity index (χ1n) is 10.7. The second-order valence-corrected chi connectivity index (χ2v) is 9.99. The first kappa shape index (κ1) is 18.6. The van der Waals surface area contributed by atoms with Crippen molar-refractivity contribution in [2.75, 3.05) is 19.0 Å². The number of hydrogen-bond donors (Lipinski definition) is 1. The summed E-state index contributed by atoms with van der Waals surface area (Å²) in [7, 11) is 0. The van der Waals surface area contributed by atoms with Gasteiger partial charge >= 0.3 is 0 Å². The number of hydrogen-bond acceptors (Lipinski definition) is 2. The Kier molecular flexibility index (Phi) is 5.50. The molecule has 0 atom stereocenters. The normalized spacial score (nSPS) is 36.3. The van der Waals surface area contributed by atoms with Crippen molar-refractivity contribution in [1.29, 1.82) is 0 Å². The van der Waals surface area contributed by atoms with E-state index in [2.05, 4.69) is 10.2 Å². The number of alkyl halides is 1. The lowest BCUT2D eigenvalue weighted by molar-refractivity contribution is -0.140. The summed E-state index contributed by atoms with van der Waals surface area (Å²) in [6, 6.07) is 0.224. The fourth-order valence-corrected chi connectivity index (χ4v) is 6.87. The Morgan fingerprint density at radius 2 is 1.58 bits per heavy atom. The second kappa shape index (κ2) is 7.69. The quantitative estimate of drug-likeness (QED) is 0.714. The van der Waals surface area contributed by atoms with Crippen molar-refractivity contribution < 1.29 is 9.59 Å².